The molecular formula is C11H17BrN2OS. The quantitative estimate of drug-likeness (QED) is 0.878. The second kappa shape index (κ2) is 6.37. The van der Waals surface area contributed by atoms with Crippen LogP contribution in [0.1, 0.15) is 29.9 Å². The van der Waals surface area contributed by atoms with Gasteiger partial charge in [-0.15, -0.1) is 11.3 Å². The highest BCUT2D eigenvalue weighted by Crippen LogP contribution is 2.22. The molecule has 0 saturated carbocycles. The molecule has 1 unspecified atom stereocenters. The van der Waals surface area contributed by atoms with E-state index in [4.69, 9.17) is 5.73 Å². The fourth-order valence-corrected chi connectivity index (χ4v) is 2.94. The van der Waals surface area contributed by atoms with Gasteiger partial charge in [0.25, 0.3) is 5.91 Å². The summed E-state index contributed by atoms with van der Waals surface area (Å²) in [5.41, 5.74) is 5.64. The zero-order valence-electron chi connectivity index (χ0n) is 9.50. The number of hydrogen-bond donors (Lipinski definition) is 2. The smallest absolute Gasteiger partial charge is 0.262 e. The van der Waals surface area contributed by atoms with Gasteiger partial charge in [0.15, 0.2) is 0 Å². The standard InChI is InChI=1S/C11H17BrN2OS/c1-7(2)5-8(6-13)14-11(15)10-9(12)3-4-16-10/h3-4,7-8H,5-6,13H2,1-2H3,(H,14,15). The van der Waals surface area contributed by atoms with E-state index in [-0.39, 0.29) is 11.9 Å². The Balaban J connectivity index is 2.59. The molecule has 0 aliphatic heterocycles. The summed E-state index contributed by atoms with van der Waals surface area (Å²) in [4.78, 5) is 12.6. The Kier molecular flexibility index (Phi) is 5.44. The second-order valence-corrected chi connectivity index (χ2v) is 5.90. The molecule has 0 bridgehead atoms. The molecule has 0 fully saturated rings. The summed E-state index contributed by atoms with van der Waals surface area (Å²) in [6.45, 7) is 4.72. The molecule has 1 aromatic rings. The Morgan fingerprint density at radius 2 is 2.31 bits per heavy atom. The van der Waals surface area contributed by atoms with E-state index in [9.17, 15) is 4.79 Å². The summed E-state index contributed by atoms with van der Waals surface area (Å²) in [7, 11) is 0. The lowest BCUT2D eigenvalue weighted by Crippen LogP contribution is -2.40. The number of thiophene rings is 1. The van der Waals surface area contributed by atoms with Gasteiger partial charge < -0.3 is 11.1 Å². The van der Waals surface area contributed by atoms with Crippen LogP contribution in [0, 0.1) is 5.92 Å². The van der Waals surface area contributed by atoms with E-state index in [1.54, 1.807) is 0 Å². The van der Waals surface area contributed by atoms with Crippen molar-refractivity contribution in [2.45, 2.75) is 26.3 Å². The van der Waals surface area contributed by atoms with E-state index in [1.807, 2.05) is 11.4 Å². The molecule has 0 saturated heterocycles. The van der Waals surface area contributed by atoms with Crippen LogP contribution in [0.2, 0.25) is 0 Å². The van der Waals surface area contributed by atoms with Crippen LogP contribution < -0.4 is 11.1 Å². The number of carbonyl (C=O) groups excluding carboxylic acids is 1. The largest absolute Gasteiger partial charge is 0.347 e. The topological polar surface area (TPSA) is 55.1 Å². The first-order valence-electron chi connectivity index (χ1n) is 5.28. The van der Waals surface area contributed by atoms with Gasteiger partial charge in [-0.25, -0.2) is 0 Å². The average molecular weight is 305 g/mol. The minimum atomic E-state index is -0.0435. The lowest BCUT2D eigenvalue weighted by molar-refractivity contribution is 0.0937. The van der Waals surface area contributed by atoms with Gasteiger partial charge in [0.05, 0.1) is 0 Å². The molecule has 1 atom stereocenters. The third-order valence-electron chi connectivity index (χ3n) is 2.20. The van der Waals surface area contributed by atoms with Crippen LogP contribution in [0.3, 0.4) is 0 Å². The van der Waals surface area contributed by atoms with Gasteiger partial charge in [0.1, 0.15) is 4.88 Å². The highest BCUT2D eigenvalue weighted by atomic mass is 79.9. The first-order valence-corrected chi connectivity index (χ1v) is 6.95. The third-order valence-corrected chi connectivity index (χ3v) is 4.04. The molecule has 1 aromatic heterocycles. The van der Waals surface area contributed by atoms with Gasteiger partial charge in [0.2, 0.25) is 0 Å². The maximum absolute atomic E-state index is 11.9. The lowest BCUT2D eigenvalue weighted by Gasteiger charge is -2.18. The van der Waals surface area contributed by atoms with Crippen molar-refractivity contribution in [1.29, 1.82) is 0 Å². The molecule has 3 nitrogen and oxygen atoms in total. The van der Waals surface area contributed by atoms with E-state index in [1.165, 1.54) is 11.3 Å². The molecule has 16 heavy (non-hydrogen) atoms. The summed E-state index contributed by atoms with van der Waals surface area (Å²) >= 11 is 4.78. The fraction of sp³-hybridized carbons (Fsp3) is 0.545. The summed E-state index contributed by atoms with van der Waals surface area (Å²) < 4.78 is 0.843. The number of amides is 1. The molecule has 0 aliphatic rings. The summed E-state index contributed by atoms with van der Waals surface area (Å²) in [6.07, 6.45) is 0.908. The van der Waals surface area contributed by atoms with Crippen molar-refractivity contribution >= 4 is 33.2 Å². The first-order chi connectivity index (χ1) is 7.54. The molecule has 90 valence electrons. The Bertz CT molecular complexity index is 352. The van der Waals surface area contributed by atoms with Gasteiger partial charge in [-0.2, -0.15) is 0 Å². The molecule has 0 aromatic carbocycles. The Labute approximate surface area is 109 Å². The minimum Gasteiger partial charge on any atom is -0.347 e. The van der Waals surface area contributed by atoms with Crippen LogP contribution >= 0.6 is 27.3 Å². The fourth-order valence-electron chi connectivity index (χ4n) is 1.49. The molecule has 0 aliphatic carbocycles. The van der Waals surface area contributed by atoms with Crippen molar-refractivity contribution in [3.63, 3.8) is 0 Å². The predicted molar refractivity (Wildman–Crippen MR) is 71.8 cm³/mol. The predicted octanol–water partition coefficient (Wildman–Crippen LogP) is 2.61. The van der Waals surface area contributed by atoms with Gasteiger partial charge in [-0.1, -0.05) is 13.8 Å². The number of hydrogen-bond acceptors (Lipinski definition) is 3. The SMILES string of the molecule is CC(C)CC(CN)NC(=O)c1sccc1Br. The number of halogens is 1. The summed E-state index contributed by atoms with van der Waals surface area (Å²) in [5.74, 6) is 0.485. The van der Waals surface area contributed by atoms with Gasteiger partial charge in [0, 0.05) is 17.1 Å². The Morgan fingerprint density at radius 1 is 1.62 bits per heavy atom. The van der Waals surface area contributed by atoms with Crippen molar-refractivity contribution in [2.24, 2.45) is 11.7 Å². The number of rotatable bonds is 5. The first kappa shape index (κ1) is 13.7. The zero-order valence-corrected chi connectivity index (χ0v) is 11.9. The average Bonchev–Trinajstić information content (AvgIpc) is 2.62. The van der Waals surface area contributed by atoms with Gasteiger partial charge in [-0.3, -0.25) is 4.79 Å². The monoisotopic (exact) mass is 304 g/mol. The summed E-state index contributed by atoms with van der Waals surface area (Å²) in [6, 6.07) is 1.93. The molecule has 1 heterocycles. The summed E-state index contributed by atoms with van der Waals surface area (Å²) in [5, 5.41) is 4.85. The second-order valence-electron chi connectivity index (χ2n) is 4.13. The highest BCUT2D eigenvalue weighted by Gasteiger charge is 2.16. The zero-order chi connectivity index (χ0) is 12.1. The van der Waals surface area contributed by atoms with Crippen molar-refractivity contribution in [1.82, 2.24) is 5.32 Å². The van der Waals surface area contributed by atoms with E-state index < -0.39 is 0 Å². The lowest BCUT2D eigenvalue weighted by atomic mass is 10.0. The van der Waals surface area contributed by atoms with Crippen molar-refractivity contribution in [2.75, 3.05) is 6.54 Å². The van der Waals surface area contributed by atoms with E-state index in [2.05, 4.69) is 35.1 Å². The number of nitrogens with two attached hydrogens (primary N) is 1. The van der Waals surface area contributed by atoms with E-state index in [0.717, 1.165) is 10.9 Å². The van der Waals surface area contributed by atoms with Crippen LogP contribution in [-0.4, -0.2) is 18.5 Å². The molecule has 1 rings (SSSR count). The molecule has 0 radical (unpaired) electrons. The van der Waals surface area contributed by atoms with Crippen LogP contribution in [-0.2, 0) is 0 Å². The van der Waals surface area contributed by atoms with Crippen molar-refractivity contribution in [3.8, 4) is 0 Å². The molecular weight excluding hydrogens is 288 g/mol. The highest BCUT2D eigenvalue weighted by molar-refractivity contribution is 9.10. The number of carbonyl (C=O) groups is 1. The van der Waals surface area contributed by atoms with Gasteiger partial charge >= 0.3 is 0 Å². The molecule has 5 heteroatoms. The van der Waals surface area contributed by atoms with Crippen molar-refractivity contribution in [3.05, 3.63) is 20.8 Å². The van der Waals surface area contributed by atoms with E-state index in [0.29, 0.717) is 17.3 Å². The maximum atomic E-state index is 11.9. The van der Waals surface area contributed by atoms with E-state index >= 15 is 0 Å². The Hall–Kier alpha value is -0.390. The van der Waals surface area contributed by atoms with Crippen LogP contribution in [0.15, 0.2) is 15.9 Å². The Morgan fingerprint density at radius 3 is 2.75 bits per heavy atom. The molecule has 1 amide bonds. The third kappa shape index (κ3) is 3.88. The number of nitrogens with one attached hydrogen (secondary N) is 1. The van der Waals surface area contributed by atoms with Crippen LogP contribution in [0.5, 0.6) is 0 Å². The van der Waals surface area contributed by atoms with Crippen molar-refractivity contribution < 1.29 is 4.79 Å². The maximum Gasteiger partial charge on any atom is 0.262 e. The minimum absolute atomic E-state index is 0.0435. The van der Waals surface area contributed by atoms with Crippen LogP contribution in [0.4, 0.5) is 0 Å². The van der Waals surface area contributed by atoms with Crippen LogP contribution in [0.25, 0.3) is 0 Å². The molecule has 0 spiro atoms. The normalized spacial score (nSPS) is 12.8. The van der Waals surface area contributed by atoms with Gasteiger partial charge in [-0.05, 0) is 39.7 Å². The molecule has 3 N–H and O–H groups in total.